The maximum atomic E-state index is 11.5. The summed E-state index contributed by atoms with van der Waals surface area (Å²) in [5, 5.41) is 3.88. The van der Waals surface area contributed by atoms with Gasteiger partial charge in [-0.2, -0.15) is 0 Å². The molecule has 5 nitrogen and oxygen atoms in total. The molecular weight excluding hydrogens is 380 g/mol. The van der Waals surface area contributed by atoms with Crippen LogP contribution < -0.4 is 10.2 Å². The van der Waals surface area contributed by atoms with Crippen molar-refractivity contribution in [2.45, 2.75) is 12.8 Å². The Bertz CT molecular complexity index is 743. The van der Waals surface area contributed by atoms with Crippen molar-refractivity contribution in [3.05, 3.63) is 34.9 Å². The highest BCUT2D eigenvalue weighted by atomic mass is 79.9. The maximum Gasteiger partial charge on any atom is 0.233 e. The number of halogens is 1. The number of piperidine rings is 1. The van der Waals surface area contributed by atoms with E-state index in [1.165, 1.54) is 11.1 Å². The first-order valence-corrected chi connectivity index (χ1v) is 9.54. The summed E-state index contributed by atoms with van der Waals surface area (Å²) < 4.78 is 1.07. The van der Waals surface area contributed by atoms with Gasteiger partial charge in [0, 0.05) is 42.4 Å². The van der Waals surface area contributed by atoms with Crippen molar-refractivity contribution < 1.29 is 4.79 Å². The van der Waals surface area contributed by atoms with Crippen molar-refractivity contribution in [3.8, 4) is 0 Å². The van der Waals surface area contributed by atoms with Gasteiger partial charge in [-0.25, -0.2) is 0 Å². The second kappa shape index (κ2) is 8.15. The van der Waals surface area contributed by atoms with Gasteiger partial charge < -0.3 is 10.2 Å². The second-order valence-electron chi connectivity index (χ2n) is 6.76. The predicted molar refractivity (Wildman–Crippen MR) is 106 cm³/mol. The summed E-state index contributed by atoms with van der Waals surface area (Å²) in [5.74, 6) is 0.755. The number of carbonyl (C=O) groups is 1. The van der Waals surface area contributed by atoms with E-state index in [0.29, 0.717) is 12.5 Å². The Morgan fingerprint density at radius 3 is 2.84 bits per heavy atom. The molecule has 1 aliphatic rings. The van der Waals surface area contributed by atoms with Crippen LogP contribution in [0, 0.1) is 5.92 Å². The number of hydrogen-bond acceptors (Lipinski definition) is 4. The molecule has 1 aromatic carbocycles. The molecule has 1 fully saturated rings. The van der Waals surface area contributed by atoms with Crippen molar-refractivity contribution in [1.82, 2.24) is 15.2 Å². The molecule has 134 valence electrons. The predicted octanol–water partition coefficient (Wildman–Crippen LogP) is 2.89. The molecule has 3 rings (SSSR count). The molecule has 0 unspecified atom stereocenters. The van der Waals surface area contributed by atoms with Gasteiger partial charge in [0.25, 0.3) is 0 Å². The molecular formula is C19H25BrN4O. The van der Waals surface area contributed by atoms with E-state index in [9.17, 15) is 4.79 Å². The smallest absolute Gasteiger partial charge is 0.233 e. The zero-order valence-electron chi connectivity index (χ0n) is 14.8. The van der Waals surface area contributed by atoms with Crippen molar-refractivity contribution in [2.24, 2.45) is 5.92 Å². The highest BCUT2D eigenvalue weighted by Gasteiger charge is 2.22. The Hall–Kier alpha value is -1.66. The highest BCUT2D eigenvalue weighted by molar-refractivity contribution is 9.10. The lowest BCUT2D eigenvalue weighted by Crippen LogP contribution is -2.42. The van der Waals surface area contributed by atoms with Crippen LogP contribution in [-0.2, 0) is 4.79 Å². The van der Waals surface area contributed by atoms with Gasteiger partial charge in [-0.05, 0) is 56.1 Å². The van der Waals surface area contributed by atoms with E-state index in [-0.39, 0.29) is 5.91 Å². The van der Waals surface area contributed by atoms with Gasteiger partial charge in [0.1, 0.15) is 0 Å². The summed E-state index contributed by atoms with van der Waals surface area (Å²) in [5.41, 5.74) is 2.24. The van der Waals surface area contributed by atoms with Crippen molar-refractivity contribution in [3.63, 3.8) is 0 Å². The van der Waals surface area contributed by atoms with Crippen LogP contribution in [0.3, 0.4) is 0 Å². The number of fused-ring (bicyclic) bond motifs is 1. The van der Waals surface area contributed by atoms with E-state index in [0.717, 1.165) is 42.5 Å². The molecule has 2 heterocycles. The molecule has 2 aromatic rings. The zero-order chi connectivity index (χ0) is 17.8. The Labute approximate surface area is 157 Å². The summed E-state index contributed by atoms with van der Waals surface area (Å²) >= 11 is 3.56. The first-order chi connectivity index (χ1) is 12.1. The Balaban J connectivity index is 1.63. The quantitative estimate of drug-likeness (QED) is 0.831. The van der Waals surface area contributed by atoms with Crippen LogP contribution >= 0.6 is 15.9 Å². The summed E-state index contributed by atoms with van der Waals surface area (Å²) in [4.78, 5) is 20.6. The van der Waals surface area contributed by atoms with E-state index in [2.05, 4.69) is 55.2 Å². The van der Waals surface area contributed by atoms with Crippen LogP contribution in [0.25, 0.3) is 10.9 Å². The van der Waals surface area contributed by atoms with Crippen LogP contribution in [0.2, 0.25) is 0 Å². The number of carbonyl (C=O) groups excluding carboxylic acids is 1. The summed E-state index contributed by atoms with van der Waals surface area (Å²) in [6.07, 6.45) is 4.15. The third-order valence-corrected chi connectivity index (χ3v) is 5.47. The van der Waals surface area contributed by atoms with Gasteiger partial charge >= 0.3 is 0 Å². The first-order valence-electron chi connectivity index (χ1n) is 8.75. The SMILES string of the molecule is CNC(=O)CN1CCC(CN(C)c2ccnc3ccc(Br)cc23)CC1. The number of likely N-dealkylation sites (N-methyl/N-ethyl adjacent to an activating group) is 1. The number of likely N-dealkylation sites (tertiary alicyclic amines) is 1. The first kappa shape index (κ1) is 18.1. The number of aromatic nitrogens is 1. The van der Waals surface area contributed by atoms with Crippen LogP contribution in [-0.4, -0.2) is 56.1 Å². The maximum absolute atomic E-state index is 11.5. The molecule has 1 aromatic heterocycles. The van der Waals surface area contributed by atoms with E-state index < -0.39 is 0 Å². The third kappa shape index (κ3) is 4.50. The number of nitrogens with one attached hydrogen (secondary N) is 1. The van der Waals surface area contributed by atoms with Crippen molar-refractivity contribution in [1.29, 1.82) is 0 Å². The molecule has 1 N–H and O–H groups in total. The molecule has 6 heteroatoms. The average Bonchev–Trinajstić information content (AvgIpc) is 2.62. The number of rotatable bonds is 5. The lowest BCUT2D eigenvalue weighted by molar-refractivity contribution is -0.122. The molecule has 0 radical (unpaired) electrons. The summed E-state index contributed by atoms with van der Waals surface area (Å²) in [7, 11) is 3.86. The number of hydrogen-bond donors (Lipinski definition) is 1. The van der Waals surface area contributed by atoms with Gasteiger partial charge in [0.2, 0.25) is 5.91 Å². The lowest BCUT2D eigenvalue weighted by Gasteiger charge is -2.34. The van der Waals surface area contributed by atoms with Gasteiger partial charge in [-0.3, -0.25) is 14.7 Å². The zero-order valence-corrected chi connectivity index (χ0v) is 16.4. The Morgan fingerprint density at radius 1 is 1.36 bits per heavy atom. The standard InChI is InChI=1S/C19H25BrN4O/c1-21-19(25)13-24-9-6-14(7-10-24)12-23(2)18-5-8-22-17-4-3-15(20)11-16(17)18/h3-5,8,11,14H,6-7,9-10,12-13H2,1-2H3,(H,21,25). The van der Waals surface area contributed by atoms with Crippen LogP contribution in [0.4, 0.5) is 5.69 Å². The van der Waals surface area contributed by atoms with Gasteiger partial charge in [0.15, 0.2) is 0 Å². The third-order valence-electron chi connectivity index (χ3n) is 4.98. The largest absolute Gasteiger partial charge is 0.374 e. The van der Waals surface area contributed by atoms with Gasteiger partial charge in [-0.15, -0.1) is 0 Å². The molecule has 0 saturated carbocycles. The molecule has 1 aliphatic heterocycles. The van der Waals surface area contributed by atoms with Crippen LogP contribution in [0.15, 0.2) is 34.9 Å². The van der Waals surface area contributed by atoms with E-state index in [1.54, 1.807) is 7.05 Å². The number of pyridine rings is 1. The topological polar surface area (TPSA) is 48.5 Å². The van der Waals surface area contributed by atoms with Crippen molar-refractivity contribution in [2.75, 3.05) is 45.2 Å². The minimum atomic E-state index is 0.101. The molecule has 0 aliphatic carbocycles. The van der Waals surface area contributed by atoms with Crippen molar-refractivity contribution >= 4 is 38.4 Å². The summed E-state index contributed by atoms with van der Waals surface area (Å²) in [6.45, 7) is 3.53. The monoisotopic (exact) mass is 404 g/mol. The van der Waals surface area contributed by atoms with Gasteiger partial charge in [-0.1, -0.05) is 15.9 Å². The molecule has 0 bridgehead atoms. The molecule has 1 saturated heterocycles. The average molecular weight is 405 g/mol. The number of amides is 1. The Kier molecular flexibility index (Phi) is 5.91. The Morgan fingerprint density at radius 2 is 2.12 bits per heavy atom. The normalized spacial score (nSPS) is 16.1. The summed E-state index contributed by atoms with van der Waals surface area (Å²) in [6, 6.07) is 8.31. The lowest BCUT2D eigenvalue weighted by atomic mass is 9.96. The van der Waals surface area contributed by atoms with E-state index in [1.807, 2.05) is 18.3 Å². The second-order valence-corrected chi connectivity index (χ2v) is 7.68. The minimum absolute atomic E-state index is 0.101. The number of benzene rings is 1. The highest BCUT2D eigenvalue weighted by Crippen LogP contribution is 2.29. The molecule has 25 heavy (non-hydrogen) atoms. The van der Waals surface area contributed by atoms with E-state index in [4.69, 9.17) is 0 Å². The fourth-order valence-electron chi connectivity index (χ4n) is 3.53. The van der Waals surface area contributed by atoms with E-state index >= 15 is 0 Å². The fraction of sp³-hybridized carbons (Fsp3) is 0.474. The number of nitrogens with zero attached hydrogens (tertiary/aromatic N) is 3. The minimum Gasteiger partial charge on any atom is -0.374 e. The molecule has 1 amide bonds. The van der Waals surface area contributed by atoms with Gasteiger partial charge in [0.05, 0.1) is 12.1 Å². The fourth-order valence-corrected chi connectivity index (χ4v) is 3.89. The number of anilines is 1. The van der Waals surface area contributed by atoms with Crippen LogP contribution in [0.5, 0.6) is 0 Å². The molecule has 0 atom stereocenters. The van der Waals surface area contributed by atoms with Crippen LogP contribution in [0.1, 0.15) is 12.8 Å². The molecule has 0 spiro atoms.